The van der Waals surface area contributed by atoms with E-state index in [9.17, 15) is 18.3 Å². The lowest BCUT2D eigenvalue weighted by atomic mass is 9.92. The smallest absolute Gasteiger partial charge is 0.393 e. The molecule has 0 amide bonds. The first kappa shape index (κ1) is 17.2. The van der Waals surface area contributed by atoms with E-state index in [1.54, 1.807) is 0 Å². The zero-order chi connectivity index (χ0) is 17.5. The second-order valence-corrected chi connectivity index (χ2v) is 6.62. The van der Waals surface area contributed by atoms with Crippen molar-refractivity contribution in [1.29, 1.82) is 0 Å². The van der Waals surface area contributed by atoms with Crippen molar-refractivity contribution in [3.05, 3.63) is 29.6 Å². The Labute approximate surface area is 138 Å². The minimum absolute atomic E-state index is 0.0722. The largest absolute Gasteiger partial charge is 0.416 e. The fourth-order valence-corrected chi connectivity index (χ4v) is 3.45. The van der Waals surface area contributed by atoms with Crippen molar-refractivity contribution < 1.29 is 18.3 Å². The molecule has 1 aromatic heterocycles. The number of nitrogens with zero attached hydrogens (tertiary/aromatic N) is 2. The van der Waals surface area contributed by atoms with E-state index in [0.717, 1.165) is 43.6 Å². The lowest BCUT2D eigenvalue weighted by Crippen LogP contribution is -2.36. The van der Waals surface area contributed by atoms with Crippen LogP contribution in [-0.2, 0) is 13.2 Å². The maximum atomic E-state index is 12.9. The van der Waals surface area contributed by atoms with Crippen molar-refractivity contribution in [2.45, 2.75) is 57.0 Å². The molecule has 0 unspecified atom stereocenters. The number of aryl methyl sites for hydroxylation is 1. The van der Waals surface area contributed by atoms with Crippen molar-refractivity contribution in [2.75, 3.05) is 0 Å². The van der Waals surface area contributed by atoms with E-state index in [1.165, 1.54) is 6.07 Å². The molecule has 0 saturated heterocycles. The van der Waals surface area contributed by atoms with Crippen molar-refractivity contribution in [3.63, 3.8) is 0 Å². The van der Waals surface area contributed by atoms with Gasteiger partial charge in [0, 0.05) is 13.1 Å². The van der Waals surface area contributed by atoms with Crippen molar-refractivity contribution in [2.24, 2.45) is 7.05 Å². The molecule has 2 N–H and O–H groups in total. The van der Waals surface area contributed by atoms with E-state index in [0.29, 0.717) is 17.1 Å². The highest BCUT2D eigenvalue weighted by atomic mass is 19.4. The van der Waals surface area contributed by atoms with Gasteiger partial charge in [0.2, 0.25) is 0 Å². The molecule has 132 valence electrons. The lowest BCUT2D eigenvalue weighted by Gasteiger charge is -2.28. The number of aliphatic hydroxyl groups is 1. The van der Waals surface area contributed by atoms with Crippen LogP contribution < -0.4 is 5.32 Å². The molecule has 4 nitrogen and oxygen atoms in total. The summed E-state index contributed by atoms with van der Waals surface area (Å²) in [5, 5.41) is 13.1. The number of alkyl halides is 3. The van der Waals surface area contributed by atoms with Crippen LogP contribution in [0.4, 0.5) is 13.2 Å². The predicted octanol–water partition coefficient (Wildman–Crippen LogP) is 3.55. The van der Waals surface area contributed by atoms with Crippen molar-refractivity contribution in [1.82, 2.24) is 14.9 Å². The molecule has 0 radical (unpaired) electrons. The second-order valence-electron chi connectivity index (χ2n) is 6.62. The first-order valence-corrected chi connectivity index (χ1v) is 8.23. The average molecular weight is 341 g/mol. The van der Waals surface area contributed by atoms with Crippen LogP contribution in [0.2, 0.25) is 0 Å². The summed E-state index contributed by atoms with van der Waals surface area (Å²) in [6.45, 7) is 1.97. The van der Waals surface area contributed by atoms with Gasteiger partial charge in [-0.25, -0.2) is 4.98 Å². The molecular formula is C17H22F3N3O. The number of halogens is 3. The number of fused-ring (bicyclic) bond motifs is 1. The van der Waals surface area contributed by atoms with Gasteiger partial charge in [-0.1, -0.05) is 0 Å². The van der Waals surface area contributed by atoms with Crippen molar-refractivity contribution in [3.8, 4) is 0 Å². The third-order valence-corrected chi connectivity index (χ3v) is 4.81. The Balaban J connectivity index is 1.82. The zero-order valence-electron chi connectivity index (χ0n) is 13.8. The van der Waals surface area contributed by atoms with Crippen molar-refractivity contribution >= 4 is 11.0 Å². The molecule has 1 aliphatic rings. The minimum Gasteiger partial charge on any atom is -0.393 e. The quantitative estimate of drug-likeness (QED) is 0.898. The van der Waals surface area contributed by atoms with Crippen LogP contribution in [0, 0.1) is 0 Å². The van der Waals surface area contributed by atoms with Gasteiger partial charge in [-0.3, -0.25) is 0 Å². The third-order valence-electron chi connectivity index (χ3n) is 4.81. The van der Waals surface area contributed by atoms with Crippen LogP contribution in [0.3, 0.4) is 0 Å². The molecule has 1 fully saturated rings. The van der Waals surface area contributed by atoms with Gasteiger partial charge in [0.1, 0.15) is 5.82 Å². The topological polar surface area (TPSA) is 50.1 Å². The van der Waals surface area contributed by atoms with E-state index >= 15 is 0 Å². The highest BCUT2D eigenvalue weighted by Gasteiger charge is 2.31. The number of rotatable bonds is 3. The first-order chi connectivity index (χ1) is 11.3. The van der Waals surface area contributed by atoms with Gasteiger partial charge < -0.3 is 15.0 Å². The molecule has 7 heteroatoms. The highest BCUT2D eigenvalue weighted by molar-refractivity contribution is 5.77. The van der Waals surface area contributed by atoms with Crippen LogP contribution in [0.1, 0.15) is 50.0 Å². The molecule has 0 bridgehead atoms. The minimum atomic E-state index is -4.36. The number of hydrogen-bond acceptors (Lipinski definition) is 3. The molecule has 1 heterocycles. The summed E-state index contributed by atoms with van der Waals surface area (Å²) in [6.07, 6.45) is -1.22. The number of imidazole rings is 1. The summed E-state index contributed by atoms with van der Waals surface area (Å²) < 4.78 is 40.4. The fourth-order valence-electron chi connectivity index (χ4n) is 3.45. The Morgan fingerprint density at radius 2 is 1.92 bits per heavy atom. The van der Waals surface area contributed by atoms with Crippen LogP contribution >= 0.6 is 0 Å². The van der Waals surface area contributed by atoms with Gasteiger partial charge in [-0.05, 0) is 50.8 Å². The van der Waals surface area contributed by atoms with Gasteiger partial charge in [0.15, 0.2) is 0 Å². The summed E-state index contributed by atoms with van der Waals surface area (Å²) in [6, 6.07) is 3.89. The average Bonchev–Trinajstić information content (AvgIpc) is 2.85. The second kappa shape index (κ2) is 6.37. The number of hydrogen-bond donors (Lipinski definition) is 2. The highest BCUT2D eigenvalue weighted by Crippen LogP contribution is 2.32. The maximum absolute atomic E-state index is 12.9. The van der Waals surface area contributed by atoms with E-state index in [1.807, 2.05) is 18.5 Å². The van der Waals surface area contributed by atoms with Gasteiger partial charge >= 0.3 is 6.18 Å². The standard InChI is InChI=1S/C17H22F3N3O/c1-10(21-12-4-6-13(24)7-5-12)16-22-14-9-11(17(18,19)20)3-8-15(14)23(16)2/h3,8-10,12-13,21,24H,4-7H2,1-2H3/t10-,12?,13?/m1/s1. The molecule has 1 aliphatic carbocycles. The summed E-state index contributed by atoms with van der Waals surface area (Å²) in [5.74, 6) is 0.718. The van der Waals surface area contributed by atoms with Crippen LogP contribution in [0.25, 0.3) is 11.0 Å². The number of aromatic nitrogens is 2. The SMILES string of the molecule is C[C@@H](NC1CCC(O)CC1)c1nc2cc(C(F)(F)F)ccc2n1C. The lowest BCUT2D eigenvalue weighted by molar-refractivity contribution is -0.137. The molecule has 1 atom stereocenters. The van der Waals surface area contributed by atoms with Gasteiger partial charge in [-0.15, -0.1) is 0 Å². The molecule has 1 saturated carbocycles. The monoisotopic (exact) mass is 341 g/mol. The predicted molar refractivity (Wildman–Crippen MR) is 85.5 cm³/mol. The summed E-state index contributed by atoms with van der Waals surface area (Å²) in [4.78, 5) is 4.42. The van der Waals surface area contributed by atoms with E-state index < -0.39 is 11.7 Å². The van der Waals surface area contributed by atoms with Gasteiger partial charge in [0.05, 0.1) is 28.7 Å². The number of nitrogens with one attached hydrogen (secondary N) is 1. The Morgan fingerprint density at radius 3 is 2.54 bits per heavy atom. The Bertz CT molecular complexity index is 718. The van der Waals surface area contributed by atoms with Crippen LogP contribution in [-0.4, -0.2) is 26.8 Å². The summed E-state index contributed by atoms with van der Waals surface area (Å²) in [5.41, 5.74) is 0.363. The maximum Gasteiger partial charge on any atom is 0.416 e. The number of benzene rings is 1. The third kappa shape index (κ3) is 3.42. The Kier molecular flexibility index (Phi) is 4.57. The van der Waals surface area contributed by atoms with Crippen LogP contribution in [0.15, 0.2) is 18.2 Å². The molecule has 0 spiro atoms. The summed E-state index contributed by atoms with van der Waals surface area (Å²) in [7, 11) is 1.82. The molecule has 1 aromatic carbocycles. The Hall–Kier alpha value is -1.60. The Morgan fingerprint density at radius 1 is 1.25 bits per heavy atom. The summed E-state index contributed by atoms with van der Waals surface area (Å²) >= 11 is 0. The first-order valence-electron chi connectivity index (χ1n) is 8.23. The molecule has 24 heavy (non-hydrogen) atoms. The normalized spacial score (nSPS) is 23.6. The fraction of sp³-hybridized carbons (Fsp3) is 0.588. The van der Waals surface area contributed by atoms with Crippen LogP contribution in [0.5, 0.6) is 0 Å². The van der Waals surface area contributed by atoms with Gasteiger partial charge in [-0.2, -0.15) is 13.2 Å². The molecular weight excluding hydrogens is 319 g/mol. The number of aliphatic hydroxyl groups excluding tert-OH is 1. The van der Waals surface area contributed by atoms with E-state index in [2.05, 4.69) is 10.3 Å². The molecule has 2 aromatic rings. The van der Waals surface area contributed by atoms with E-state index in [4.69, 9.17) is 0 Å². The van der Waals surface area contributed by atoms with E-state index in [-0.39, 0.29) is 12.1 Å². The van der Waals surface area contributed by atoms with Gasteiger partial charge in [0.25, 0.3) is 0 Å². The molecule has 3 rings (SSSR count). The molecule has 0 aliphatic heterocycles. The zero-order valence-corrected chi connectivity index (χ0v) is 13.8.